The van der Waals surface area contributed by atoms with Crippen molar-refractivity contribution in [3.05, 3.63) is 65.2 Å². The summed E-state index contributed by atoms with van der Waals surface area (Å²) in [6.45, 7) is 6.17. The number of hydrogen-bond acceptors (Lipinski definition) is 3. The molecule has 4 nitrogen and oxygen atoms in total. The van der Waals surface area contributed by atoms with E-state index in [9.17, 15) is 8.42 Å². The van der Waals surface area contributed by atoms with Crippen LogP contribution in [0, 0.1) is 20.8 Å². The van der Waals surface area contributed by atoms with Crippen LogP contribution in [0.15, 0.2) is 53.4 Å². The van der Waals surface area contributed by atoms with Crippen LogP contribution in [0.1, 0.15) is 42.4 Å². The van der Waals surface area contributed by atoms with Gasteiger partial charge in [-0.05, 0) is 56.9 Å². The van der Waals surface area contributed by atoms with E-state index in [0.717, 1.165) is 31.2 Å². The van der Waals surface area contributed by atoms with Crippen LogP contribution in [-0.4, -0.2) is 20.5 Å². The van der Waals surface area contributed by atoms with Crippen molar-refractivity contribution < 1.29 is 27.9 Å². The van der Waals surface area contributed by atoms with E-state index < -0.39 is 10.0 Å². The van der Waals surface area contributed by atoms with Gasteiger partial charge in [0.05, 0.1) is 4.90 Å². The molecule has 6 heteroatoms. The van der Waals surface area contributed by atoms with E-state index in [1.54, 1.807) is 24.3 Å². The summed E-state index contributed by atoms with van der Waals surface area (Å²) in [7, 11) is -3.44. The van der Waals surface area contributed by atoms with Crippen LogP contribution < -0.4 is 10.5 Å². The summed E-state index contributed by atoms with van der Waals surface area (Å²) in [5.74, 6) is 0. The number of aryl methyl sites for hydroxylation is 3. The molecular weight excluding hydrogens is 445 g/mol. The third-order valence-electron chi connectivity index (χ3n) is 4.88. The fourth-order valence-electron chi connectivity index (χ4n) is 2.95. The maximum Gasteiger partial charge on any atom is 0.240 e. The molecule has 2 aromatic rings. The SMILES string of the molecule is Cc1ccc(S(=O)(=O)N[C@@H]2CCCC[C@H]2N)cc1.Cc1ccccc1C.[Ru]. The molecule has 0 unspecified atom stereocenters. The molecule has 1 saturated carbocycles. The van der Waals surface area contributed by atoms with Gasteiger partial charge in [-0.15, -0.1) is 0 Å². The molecule has 0 aromatic heterocycles. The molecule has 0 aliphatic heterocycles. The zero-order valence-electron chi connectivity index (χ0n) is 16.3. The third kappa shape index (κ3) is 7.46. The third-order valence-corrected chi connectivity index (χ3v) is 6.39. The fraction of sp³-hybridized carbons (Fsp3) is 0.429. The van der Waals surface area contributed by atoms with E-state index in [4.69, 9.17) is 5.73 Å². The molecule has 1 aliphatic rings. The van der Waals surface area contributed by atoms with E-state index in [1.807, 2.05) is 6.92 Å². The quantitative estimate of drug-likeness (QED) is 0.663. The molecule has 2 atom stereocenters. The molecule has 0 bridgehead atoms. The fourth-order valence-corrected chi connectivity index (χ4v) is 4.27. The second-order valence-corrected chi connectivity index (χ2v) is 8.79. The van der Waals surface area contributed by atoms with Crippen molar-refractivity contribution in [1.82, 2.24) is 4.72 Å². The van der Waals surface area contributed by atoms with Crippen LogP contribution in [-0.2, 0) is 29.5 Å². The minimum atomic E-state index is -3.44. The zero-order chi connectivity index (χ0) is 19.2. The maximum absolute atomic E-state index is 12.2. The molecule has 1 fully saturated rings. The number of rotatable bonds is 3. The average molecular weight is 476 g/mol. The predicted octanol–water partition coefficient (Wildman–Crippen LogP) is 3.84. The van der Waals surface area contributed by atoms with Crippen molar-refractivity contribution in [2.45, 2.75) is 63.4 Å². The van der Waals surface area contributed by atoms with Crippen LogP contribution in [0.4, 0.5) is 0 Å². The smallest absolute Gasteiger partial charge is 0.240 e. The van der Waals surface area contributed by atoms with Gasteiger partial charge in [0.2, 0.25) is 10.0 Å². The molecule has 1 aliphatic carbocycles. The molecule has 3 N–H and O–H groups in total. The van der Waals surface area contributed by atoms with E-state index in [1.165, 1.54) is 11.1 Å². The van der Waals surface area contributed by atoms with E-state index in [2.05, 4.69) is 42.8 Å². The summed E-state index contributed by atoms with van der Waals surface area (Å²) >= 11 is 0. The Morgan fingerprint density at radius 3 is 1.89 bits per heavy atom. The molecule has 0 heterocycles. The van der Waals surface area contributed by atoms with Gasteiger partial charge in [0.1, 0.15) is 0 Å². The second-order valence-electron chi connectivity index (χ2n) is 7.07. The number of benzene rings is 2. The van der Waals surface area contributed by atoms with Gasteiger partial charge >= 0.3 is 0 Å². The molecule has 0 saturated heterocycles. The Kier molecular flexibility index (Phi) is 9.82. The second kappa shape index (κ2) is 11.1. The Morgan fingerprint density at radius 1 is 0.889 bits per heavy atom. The molecule has 0 amide bonds. The monoisotopic (exact) mass is 476 g/mol. The maximum atomic E-state index is 12.2. The van der Waals surface area contributed by atoms with Crippen molar-refractivity contribution in [3.8, 4) is 0 Å². The Morgan fingerprint density at radius 2 is 1.41 bits per heavy atom. The van der Waals surface area contributed by atoms with Gasteiger partial charge in [0.15, 0.2) is 0 Å². The van der Waals surface area contributed by atoms with Gasteiger partial charge in [-0.2, -0.15) is 0 Å². The van der Waals surface area contributed by atoms with Crippen LogP contribution >= 0.6 is 0 Å². The topological polar surface area (TPSA) is 72.2 Å². The van der Waals surface area contributed by atoms with Crippen molar-refractivity contribution in [2.75, 3.05) is 0 Å². The molecule has 2 aromatic carbocycles. The van der Waals surface area contributed by atoms with Crippen molar-refractivity contribution in [2.24, 2.45) is 5.73 Å². The number of hydrogen-bond donors (Lipinski definition) is 2. The summed E-state index contributed by atoms with van der Waals surface area (Å²) in [5.41, 5.74) is 9.74. The Balaban J connectivity index is 0.000000342. The number of sulfonamides is 1. The Bertz CT molecular complexity index is 786. The van der Waals surface area contributed by atoms with Crippen LogP contribution in [0.2, 0.25) is 0 Å². The first kappa shape index (κ1) is 24.0. The van der Waals surface area contributed by atoms with Gasteiger partial charge in [-0.3, -0.25) is 0 Å². The minimum absolute atomic E-state index is 0. The first-order valence-corrected chi connectivity index (χ1v) is 10.6. The summed E-state index contributed by atoms with van der Waals surface area (Å²) in [6.07, 6.45) is 3.84. The van der Waals surface area contributed by atoms with Gasteiger partial charge in [-0.1, -0.05) is 54.8 Å². The zero-order valence-corrected chi connectivity index (χ0v) is 18.8. The molecule has 150 valence electrons. The van der Waals surface area contributed by atoms with Gasteiger partial charge < -0.3 is 5.73 Å². The van der Waals surface area contributed by atoms with Crippen molar-refractivity contribution in [3.63, 3.8) is 0 Å². The van der Waals surface area contributed by atoms with Crippen molar-refractivity contribution >= 4 is 10.0 Å². The van der Waals surface area contributed by atoms with E-state index in [-0.39, 0.29) is 31.6 Å². The number of nitrogens with one attached hydrogen (secondary N) is 1. The summed E-state index contributed by atoms with van der Waals surface area (Å²) in [6, 6.07) is 15.0. The van der Waals surface area contributed by atoms with Gasteiger partial charge in [0, 0.05) is 31.6 Å². The van der Waals surface area contributed by atoms with Crippen LogP contribution in [0.5, 0.6) is 0 Å². The van der Waals surface area contributed by atoms with Crippen LogP contribution in [0.25, 0.3) is 0 Å². The Hall–Kier alpha value is -1.07. The molecule has 27 heavy (non-hydrogen) atoms. The summed E-state index contributed by atoms with van der Waals surface area (Å²) < 4.78 is 27.1. The van der Waals surface area contributed by atoms with E-state index in [0.29, 0.717) is 4.90 Å². The van der Waals surface area contributed by atoms with Crippen molar-refractivity contribution in [1.29, 1.82) is 0 Å². The van der Waals surface area contributed by atoms with Gasteiger partial charge in [-0.25, -0.2) is 13.1 Å². The summed E-state index contributed by atoms with van der Waals surface area (Å²) in [5, 5.41) is 0. The predicted molar refractivity (Wildman–Crippen MR) is 108 cm³/mol. The first-order valence-electron chi connectivity index (χ1n) is 9.16. The van der Waals surface area contributed by atoms with Gasteiger partial charge in [0.25, 0.3) is 0 Å². The number of nitrogens with two attached hydrogens (primary N) is 1. The largest absolute Gasteiger partial charge is 0.326 e. The summed E-state index contributed by atoms with van der Waals surface area (Å²) in [4.78, 5) is 0.311. The normalized spacial score (nSPS) is 19.4. The average Bonchev–Trinajstić information content (AvgIpc) is 2.60. The van der Waals surface area contributed by atoms with E-state index >= 15 is 0 Å². The Labute approximate surface area is 176 Å². The molecular formula is C21H30N2O2RuS. The molecule has 0 radical (unpaired) electrons. The molecule has 3 rings (SSSR count). The minimum Gasteiger partial charge on any atom is -0.326 e. The van der Waals surface area contributed by atoms with Crippen LogP contribution in [0.3, 0.4) is 0 Å². The standard InChI is InChI=1S/C13H20N2O2S.C8H10.Ru/c1-10-6-8-11(9-7-10)18(16,17)15-13-5-3-2-4-12(13)14;1-7-5-3-4-6-8(7)2;/h6-9,12-13,15H,2-5,14H2,1H3;3-6H,1-2H3;/t12-,13-;;/m1../s1. The first-order chi connectivity index (χ1) is 12.3. The molecule has 0 spiro atoms.